The van der Waals surface area contributed by atoms with Crippen LogP contribution in [0, 0.1) is 12.7 Å². The van der Waals surface area contributed by atoms with Gasteiger partial charge in [-0.05, 0) is 31.2 Å². The van der Waals surface area contributed by atoms with Gasteiger partial charge in [-0.3, -0.25) is 14.8 Å². The first-order valence-corrected chi connectivity index (χ1v) is 11.1. The quantitative estimate of drug-likeness (QED) is 0.245. The monoisotopic (exact) mass is 529 g/mol. The van der Waals surface area contributed by atoms with E-state index >= 15 is 0 Å². The first-order chi connectivity index (χ1) is 17.2. The van der Waals surface area contributed by atoms with Gasteiger partial charge >= 0.3 is 0 Å². The second kappa shape index (κ2) is 12.0. The molecule has 0 bridgehead atoms. The van der Waals surface area contributed by atoms with Crippen molar-refractivity contribution in [3.05, 3.63) is 87.0 Å². The molecule has 0 saturated carbocycles. The smallest absolute Gasteiger partial charge is 0.269 e. The third kappa shape index (κ3) is 6.52. The Hall–Kier alpha value is -4.09. The van der Waals surface area contributed by atoms with Crippen molar-refractivity contribution in [1.29, 1.82) is 0 Å². The van der Waals surface area contributed by atoms with E-state index in [2.05, 4.69) is 35.8 Å². The lowest BCUT2D eigenvalue weighted by Crippen LogP contribution is -2.28. The molecule has 13 heteroatoms. The summed E-state index contributed by atoms with van der Waals surface area (Å²) < 4.78 is 15.4. The van der Waals surface area contributed by atoms with Crippen LogP contribution in [0.25, 0.3) is 0 Å². The lowest BCUT2D eigenvalue weighted by molar-refractivity contribution is -0.117. The van der Waals surface area contributed by atoms with Crippen molar-refractivity contribution in [3.63, 3.8) is 0 Å². The number of aromatic nitrogens is 3. The van der Waals surface area contributed by atoms with Crippen LogP contribution in [0.15, 0.2) is 69.3 Å². The SMILES string of the molecule is CNC(=O)/C(N)=C(/C=Nc1c(Cl)cccc1Cl)Nc1ccc(/C=N/N=c2/c(F)cnc(C)n2C)nc1. The highest BCUT2D eigenvalue weighted by Gasteiger charge is 2.11. The number of pyridine rings is 1. The second-order valence-electron chi connectivity index (χ2n) is 7.21. The van der Waals surface area contributed by atoms with Crippen LogP contribution in [0.3, 0.4) is 0 Å². The molecule has 3 aromatic rings. The van der Waals surface area contributed by atoms with Crippen molar-refractivity contribution in [2.75, 3.05) is 12.4 Å². The first-order valence-electron chi connectivity index (χ1n) is 10.4. The van der Waals surface area contributed by atoms with E-state index in [1.807, 2.05) is 0 Å². The molecule has 2 aromatic heterocycles. The Morgan fingerprint density at radius 2 is 1.89 bits per heavy atom. The Morgan fingerprint density at radius 1 is 1.17 bits per heavy atom. The standard InChI is InChI=1S/C23H22Cl2FN9O/c1-13-29-11-18(26)22(35(13)3)34-32-10-14-7-8-15(9-30-14)33-19(20(27)23(36)28-2)12-31-21-16(24)5-4-6-17(21)25/h4-12,33H,27H2,1-3H3,(H,28,36)/b20-19+,31-12?,32-10+,34-22-. The molecule has 4 N–H and O–H groups in total. The molecule has 0 aliphatic carbocycles. The van der Waals surface area contributed by atoms with Crippen LogP contribution < -0.4 is 21.9 Å². The van der Waals surface area contributed by atoms with Crippen LogP contribution in [0.5, 0.6) is 0 Å². The van der Waals surface area contributed by atoms with Crippen molar-refractivity contribution in [3.8, 4) is 0 Å². The lowest BCUT2D eigenvalue weighted by Gasteiger charge is -2.11. The Balaban J connectivity index is 1.84. The molecule has 36 heavy (non-hydrogen) atoms. The number of nitrogens with two attached hydrogens (primary N) is 1. The number of para-hydroxylation sites is 1. The fourth-order valence-electron chi connectivity index (χ4n) is 2.74. The zero-order chi connectivity index (χ0) is 26.2. The topological polar surface area (TPSA) is 135 Å². The summed E-state index contributed by atoms with van der Waals surface area (Å²) in [5.74, 6) is -0.529. The maximum atomic E-state index is 14.0. The summed E-state index contributed by atoms with van der Waals surface area (Å²) >= 11 is 12.3. The van der Waals surface area contributed by atoms with Crippen molar-refractivity contribution in [2.45, 2.75) is 6.92 Å². The number of halogens is 3. The van der Waals surface area contributed by atoms with E-state index in [0.717, 1.165) is 6.20 Å². The van der Waals surface area contributed by atoms with E-state index in [9.17, 15) is 9.18 Å². The zero-order valence-corrected chi connectivity index (χ0v) is 21.0. The van der Waals surface area contributed by atoms with Gasteiger partial charge in [0, 0.05) is 14.1 Å². The molecular weight excluding hydrogens is 508 g/mol. The summed E-state index contributed by atoms with van der Waals surface area (Å²) in [5.41, 5.74) is 7.41. The zero-order valence-electron chi connectivity index (χ0n) is 19.5. The predicted octanol–water partition coefficient (Wildman–Crippen LogP) is 3.23. The molecule has 0 fully saturated rings. The maximum absolute atomic E-state index is 14.0. The number of carbonyl (C=O) groups excluding carboxylic acids is 1. The number of likely N-dealkylation sites (N-methyl/N-ethyl adjacent to an activating group) is 1. The summed E-state index contributed by atoms with van der Waals surface area (Å²) in [6, 6.07) is 8.29. The number of rotatable bonds is 7. The summed E-state index contributed by atoms with van der Waals surface area (Å²) in [6.45, 7) is 1.73. The van der Waals surface area contributed by atoms with E-state index in [-0.39, 0.29) is 16.9 Å². The highest BCUT2D eigenvalue weighted by Crippen LogP contribution is 2.32. The fraction of sp³-hybridized carbons (Fsp3) is 0.130. The predicted molar refractivity (Wildman–Crippen MR) is 139 cm³/mol. The van der Waals surface area contributed by atoms with Crippen molar-refractivity contribution in [2.24, 2.45) is 28.0 Å². The third-order valence-corrected chi connectivity index (χ3v) is 5.42. The Bertz CT molecular complexity index is 1410. The summed E-state index contributed by atoms with van der Waals surface area (Å²) in [4.78, 5) is 24.6. The number of allylic oxidation sites excluding steroid dienone is 1. The van der Waals surface area contributed by atoms with Crippen LogP contribution in [0.2, 0.25) is 10.0 Å². The average molecular weight is 530 g/mol. The van der Waals surface area contributed by atoms with Gasteiger partial charge in [0.25, 0.3) is 5.91 Å². The first kappa shape index (κ1) is 26.5. The van der Waals surface area contributed by atoms with Gasteiger partial charge in [0.1, 0.15) is 17.2 Å². The number of aliphatic imine (C=N–C) groups is 1. The molecule has 0 aliphatic rings. The minimum Gasteiger partial charge on any atom is -0.393 e. The van der Waals surface area contributed by atoms with Gasteiger partial charge < -0.3 is 20.9 Å². The van der Waals surface area contributed by atoms with E-state index < -0.39 is 11.7 Å². The molecule has 186 valence electrons. The van der Waals surface area contributed by atoms with Gasteiger partial charge in [-0.1, -0.05) is 29.3 Å². The summed E-state index contributed by atoms with van der Waals surface area (Å²) in [6.07, 6.45) is 5.29. The molecule has 0 aliphatic heterocycles. The molecule has 0 saturated heterocycles. The van der Waals surface area contributed by atoms with E-state index in [4.69, 9.17) is 28.9 Å². The molecular formula is C23H22Cl2FN9O. The normalized spacial score (nSPS) is 12.8. The van der Waals surface area contributed by atoms with Crippen LogP contribution in [0.1, 0.15) is 11.5 Å². The van der Waals surface area contributed by atoms with Gasteiger partial charge in [0.2, 0.25) is 0 Å². The Morgan fingerprint density at radius 3 is 2.53 bits per heavy atom. The van der Waals surface area contributed by atoms with Crippen molar-refractivity contribution in [1.82, 2.24) is 19.9 Å². The van der Waals surface area contributed by atoms with Gasteiger partial charge in [0.15, 0.2) is 11.3 Å². The van der Waals surface area contributed by atoms with Gasteiger partial charge in [0.05, 0.1) is 51.9 Å². The summed E-state index contributed by atoms with van der Waals surface area (Å²) in [7, 11) is 3.09. The van der Waals surface area contributed by atoms with Crippen LogP contribution in [-0.2, 0) is 11.8 Å². The molecule has 3 rings (SSSR count). The Kier molecular flexibility index (Phi) is 8.87. The molecule has 1 amide bonds. The third-order valence-electron chi connectivity index (χ3n) is 4.81. The van der Waals surface area contributed by atoms with Crippen LogP contribution >= 0.6 is 23.2 Å². The maximum Gasteiger partial charge on any atom is 0.269 e. The number of hydrogen-bond donors (Lipinski definition) is 3. The molecule has 0 unspecified atom stereocenters. The van der Waals surface area contributed by atoms with Gasteiger partial charge in [-0.15, -0.1) is 5.10 Å². The number of aryl methyl sites for hydroxylation is 1. The van der Waals surface area contributed by atoms with Gasteiger partial charge in [-0.2, -0.15) is 5.10 Å². The fourth-order valence-corrected chi connectivity index (χ4v) is 3.24. The summed E-state index contributed by atoms with van der Waals surface area (Å²) in [5, 5.41) is 13.9. The molecule has 0 spiro atoms. The molecule has 2 heterocycles. The average Bonchev–Trinajstić information content (AvgIpc) is 2.87. The lowest BCUT2D eigenvalue weighted by atomic mass is 10.2. The minimum absolute atomic E-state index is 0.0365. The van der Waals surface area contributed by atoms with E-state index in [1.54, 1.807) is 44.3 Å². The minimum atomic E-state index is -0.597. The highest BCUT2D eigenvalue weighted by molar-refractivity contribution is 6.38. The molecule has 1 aromatic carbocycles. The number of nitrogens with one attached hydrogen (secondary N) is 2. The number of carbonyl (C=O) groups is 1. The van der Waals surface area contributed by atoms with Crippen LogP contribution in [0.4, 0.5) is 15.8 Å². The second-order valence-corrected chi connectivity index (χ2v) is 8.03. The van der Waals surface area contributed by atoms with Gasteiger partial charge in [-0.25, -0.2) is 9.37 Å². The van der Waals surface area contributed by atoms with Crippen molar-refractivity contribution < 1.29 is 9.18 Å². The van der Waals surface area contributed by atoms with E-state index in [0.29, 0.717) is 32.9 Å². The molecule has 0 radical (unpaired) electrons. The Labute approximate surface area is 216 Å². The number of amides is 1. The number of nitrogens with zero attached hydrogens (tertiary/aromatic N) is 6. The van der Waals surface area contributed by atoms with Crippen LogP contribution in [-0.4, -0.2) is 39.9 Å². The number of anilines is 1. The largest absolute Gasteiger partial charge is 0.393 e. The highest BCUT2D eigenvalue weighted by atomic mass is 35.5. The molecule has 0 atom stereocenters. The molecule has 10 nitrogen and oxygen atoms in total. The number of hydrogen-bond acceptors (Lipinski definition) is 8. The van der Waals surface area contributed by atoms with Crippen molar-refractivity contribution >= 4 is 52.9 Å². The van der Waals surface area contributed by atoms with E-state index in [1.165, 1.54) is 30.2 Å². The number of benzene rings is 1.